The molecule has 1 fully saturated rings. The van der Waals surface area contributed by atoms with Crippen LogP contribution in [0.1, 0.15) is 24.0 Å². The van der Waals surface area contributed by atoms with Gasteiger partial charge in [-0.1, -0.05) is 6.07 Å². The molecule has 1 aliphatic heterocycles. The highest BCUT2D eigenvalue weighted by Crippen LogP contribution is 2.32. The van der Waals surface area contributed by atoms with E-state index in [1.807, 2.05) is 0 Å². The molecule has 5 nitrogen and oxygen atoms in total. The van der Waals surface area contributed by atoms with E-state index in [4.69, 9.17) is 0 Å². The van der Waals surface area contributed by atoms with Gasteiger partial charge in [0.05, 0.1) is 18.2 Å². The van der Waals surface area contributed by atoms with Crippen molar-refractivity contribution in [1.82, 2.24) is 15.1 Å². The molecular formula is C17H21F4N3O2. The minimum absolute atomic E-state index is 0.0766. The fourth-order valence-corrected chi connectivity index (χ4v) is 2.99. The minimum atomic E-state index is -4.71. The Hall–Kier alpha value is -2.16. The molecule has 2 amide bonds. The molecule has 1 aromatic carbocycles. The summed E-state index contributed by atoms with van der Waals surface area (Å²) in [4.78, 5) is 27.4. The average molecular weight is 375 g/mol. The van der Waals surface area contributed by atoms with E-state index in [0.29, 0.717) is 19.0 Å². The molecule has 1 atom stereocenters. The molecule has 1 aromatic rings. The number of hydrogen-bond donors (Lipinski definition) is 1. The van der Waals surface area contributed by atoms with Gasteiger partial charge < -0.3 is 10.2 Å². The number of hydrogen-bond acceptors (Lipinski definition) is 3. The van der Waals surface area contributed by atoms with Crippen LogP contribution in [-0.2, 0) is 22.3 Å². The molecule has 1 N–H and O–H groups in total. The highest BCUT2D eigenvalue weighted by Gasteiger charge is 2.34. The predicted octanol–water partition coefficient (Wildman–Crippen LogP) is 2.01. The van der Waals surface area contributed by atoms with Crippen LogP contribution >= 0.6 is 0 Å². The summed E-state index contributed by atoms with van der Waals surface area (Å²) < 4.78 is 52.0. The number of amides is 2. The lowest BCUT2D eigenvalue weighted by atomic mass is 10.1. The Morgan fingerprint density at radius 2 is 2.00 bits per heavy atom. The van der Waals surface area contributed by atoms with Gasteiger partial charge in [0.15, 0.2) is 0 Å². The van der Waals surface area contributed by atoms with Crippen molar-refractivity contribution in [3.8, 4) is 0 Å². The van der Waals surface area contributed by atoms with Crippen LogP contribution in [0.2, 0.25) is 0 Å². The first-order valence-electron chi connectivity index (χ1n) is 8.17. The summed E-state index contributed by atoms with van der Waals surface area (Å²) in [6.07, 6.45) is -3.30. The molecule has 0 radical (unpaired) electrons. The van der Waals surface area contributed by atoms with Crippen LogP contribution in [0.3, 0.4) is 0 Å². The first-order valence-corrected chi connectivity index (χ1v) is 8.17. The fraction of sp³-hybridized carbons (Fsp3) is 0.529. The van der Waals surface area contributed by atoms with Gasteiger partial charge in [0.1, 0.15) is 5.82 Å². The molecule has 0 aliphatic carbocycles. The molecular weight excluding hydrogens is 354 g/mol. The highest BCUT2D eigenvalue weighted by molar-refractivity contribution is 5.83. The van der Waals surface area contributed by atoms with Crippen LogP contribution in [0.15, 0.2) is 18.2 Å². The predicted molar refractivity (Wildman–Crippen MR) is 86.5 cm³/mol. The number of rotatable bonds is 5. The second-order valence-corrected chi connectivity index (χ2v) is 6.44. The maximum Gasteiger partial charge on any atom is 0.416 e. The van der Waals surface area contributed by atoms with E-state index in [-0.39, 0.29) is 24.6 Å². The topological polar surface area (TPSA) is 52.7 Å². The van der Waals surface area contributed by atoms with Crippen molar-refractivity contribution in [2.45, 2.75) is 31.6 Å². The van der Waals surface area contributed by atoms with Crippen molar-refractivity contribution in [2.24, 2.45) is 0 Å². The molecule has 2 rings (SSSR count). The third-order valence-corrected chi connectivity index (χ3v) is 4.29. The number of halogens is 4. The van der Waals surface area contributed by atoms with Crippen molar-refractivity contribution < 1.29 is 27.2 Å². The minimum Gasteiger partial charge on any atom is -0.351 e. The van der Waals surface area contributed by atoms with Crippen molar-refractivity contribution in [3.05, 3.63) is 35.1 Å². The number of benzene rings is 1. The summed E-state index contributed by atoms with van der Waals surface area (Å²) >= 11 is 0. The van der Waals surface area contributed by atoms with Gasteiger partial charge in [0.2, 0.25) is 11.8 Å². The Labute approximate surface area is 148 Å². The van der Waals surface area contributed by atoms with Crippen molar-refractivity contribution >= 4 is 11.8 Å². The van der Waals surface area contributed by atoms with E-state index in [2.05, 4.69) is 5.32 Å². The van der Waals surface area contributed by atoms with E-state index in [0.717, 1.165) is 18.6 Å². The average Bonchev–Trinajstić information content (AvgIpc) is 2.99. The first-order chi connectivity index (χ1) is 12.1. The number of alkyl halides is 3. The smallest absolute Gasteiger partial charge is 0.351 e. The molecule has 1 saturated heterocycles. The molecule has 0 saturated carbocycles. The molecule has 1 unspecified atom stereocenters. The van der Waals surface area contributed by atoms with Crippen LogP contribution in [0.5, 0.6) is 0 Å². The van der Waals surface area contributed by atoms with E-state index in [9.17, 15) is 27.2 Å². The molecule has 9 heteroatoms. The molecule has 26 heavy (non-hydrogen) atoms. The summed E-state index contributed by atoms with van der Waals surface area (Å²) in [6, 6.07) is 1.94. The number of likely N-dealkylation sites (tertiary alicyclic amines) is 1. The third-order valence-electron chi connectivity index (χ3n) is 4.29. The second kappa shape index (κ2) is 8.03. The quantitative estimate of drug-likeness (QED) is 0.802. The Morgan fingerprint density at radius 1 is 1.31 bits per heavy atom. The van der Waals surface area contributed by atoms with E-state index >= 15 is 0 Å². The SMILES string of the molecule is CN(C)C(=O)C1CCCN1CC(=O)NCc1ccc(F)cc1C(F)(F)F. The summed E-state index contributed by atoms with van der Waals surface area (Å²) in [5.74, 6) is -1.58. The Balaban J connectivity index is 1.98. The largest absolute Gasteiger partial charge is 0.416 e. The van der Waals surface area contributed by atoms with Crippen molar-refractivity contribution in [1.29, 1.82) is 0 Å². The van der Waals surface area contributed by atoms with E-state index < -0.39 is 29.5 Å². The number of nitrogens with zero attached hydrogens (tertiary/aromatic N) is 2. The number of likely N-dealkylation sites (N-methyl/N-ethyl adjacent to an activating group) is 1. The molecule has 0 bridgehead atoms. The standard InChI is InChI=1S/C17H21F4N3O2/c1-23(2)16(26)14-4-3-7-24(14)10-15(25)22-9-11-5-6-12(18)8-13(11)17(19,20)21/h5-6,8,14H,3-4,7,9-10H2,1-2H3,(H,22,25). The molecule has 1 heterocycles. The van der Waals surface area contributed by atoms with Gasteiger partial charge in [-0.3, -0.25) is 14.5 Å². The highest BCUT2D eigenvalue weighted by atomic mass is 19.4. The van der Waals surface area contributed by atoms with Gasteiger partial charge in [0.25, 0.3) is 0 Å². The first kappa shape index (κ1) is 20.2. The Kier molecular flexibility index (Phi) is 6.22. The van der Waals surface area contributed by atoms with Crippen LogP contribution in [0.4, 0.5) is 17.6 Å². The molecule has 0 aromatic heterocycles. The van der Waals surface area contributed by atoms with Gasteiger partial charge in [0, 0.05) is 20.6 Å². The monoisotopic (exact) mass is 375 g/mol. The van der Waals surface area contributed by atoms with Gasteiger partial charge in [-0.2, -0.15) is 13.2 Å². The van der Waals surface area contributed by atoms with Crippen LogP contribution in [0, 0.1) is 5.82 Å². The van der Waals surface area contributed by atoms with Gasteiger partial charge in [-0.05, 0) is 37.1 Å². The normalized spacial score (nSPS) is 18.0. The van der Waals surface area contributed by atoms with Crippen molar-refractivity contribution in [2.75, 3.05) is 27.2 Å². The van der Waals surface area contributed by atoms with E-state index in [1.54, 1.807) is 19.0 Å². The summed E-state index contributed by atoms with van der Waals surface area (Å²) in [5, 5.41) is 2.42. The zero-order valence-corrected chi connectivity index (χ0v) is 14.6. The van der Waals surface area contributed by atoms with Gasteiger partial charge >= 0.3 is 6.18 Å². The zero-order valence-electron chi connectivity index (χ0n) is 14.6. The molecule has 0 spiro atoms. The van der Waals surface area contributed by atoms with Gasteiger partial charge in [-0.25, -0.2) is 4.39 Å². The van der Waals surface area contributed by atoms with Crippen molar-refractivity contribution in [3.63, 3.8) is 0 Å². The lowest BCUT2D eigenvalue weighted by molar-refractivity contribution is -0.139. The van der Waals surface area contributed by atoms with Crippen LogP contribution in [0.25, 0.3) is 0 Å². The van der Waals surface area contributed by atoms with Gasteiger partial charge in [-0.15, -0.1) is 0 Å². The second-order valence-electron chi connectivity index (χ2n) is 6.44. The number of nitrogens with one attached hydrogen (secondary N) is 1. The van der Waals surface area contributed by atoms with E-state index in [1.165, 1.54) is 4.90 Å². The lowest BCUT2D eigenvalue weighted by Gasteiger charge is -2.25. The lowest BCUT2D eigenvalue weighted by Crippen LogP contribution is -2.46. The Morgan fingerprint density at radius 3 is 2.62 bits per heavy atom. The number of carbonyl (C=O) groups is 2. The third kappa shape index (κ3) is 4.94. The number of carbonyl (C=O) groups excluding carboxylic acids is 2. The summed E-state index contributed by atoms with van der Waals surface area (Å²) in [7, 11) is 3.26. The maximum absolute atomic E-state index is 13.1. The Bertz CT molecular complexity index is 676. The fourth-order valence-electron chi connectivity index (χ4n) is 2.99. The zero-order chi connectivity index (χ0) is 19.5. The van der Waals surface area contributed by atoms with Crippen LogP contribution in [-0.4, -0.2) is 54.8 Å². The van der Waals surface area contributed by atoms with Crippen LogP contribution < -0.4 is 5.32 Å². The molecule has 1 aliphatic rings. The molecule has 144 valence electrons. The summed E-state index contributed by atoms with van der Waals surface area (Å²) in [6.45, 7) is 0.128. The maximum atomic E-state index is 13.1. The summed E-state index contributed by atoms with van der Waals surface area (Å²) in [5.41, 5.74) is -1.32.